The SMILES string of the molecule is COCCOC1C(O)CC1Oc1c(OC)cccc1OC. The van der Waals surface area contributed by atoms with Crippen LogP contribution in [0.25, 0.3) is 0 Å². The van der Waals surface area contributed by atoms with Crippen LogP contribution in [0.1, 0.15) is 6.42 Å². The second kappa shape index (κ2) is 7.49. The second-order valence-electron chi connectivity index (χ2n) is 4.78. The van der Waals surface area contributed by atoms with Gasteiger partial charge in [-0.2, -0.15) is 0 Å². The molecule has 0 bridgehead atoms. The molecule has 21 heavy (non-hydrogen) atoms. The number of benzene rings is 1. The minimum atomic E-state index is -0.521. The summed E-state index contributed by atoms with van der Waals surface area (Å²) in [4.78, 5) is 0. The fourth-order valence-electron chi connectivity index (χ4n) is 2.24. The highest BCUT2D eigenvalue weighted by Gasteiger charge is 2.43. The van der Waals surface area contributed by atoms with Gasteiger partial charge in [0.15, 0.2) is 11.5 Å². The van der Waals surface area contributed by atoms with E-state index >= 15 is 0 Å². The summed E-state index contributed by atoms with van der Waals surface area (Å²) >= 11 is 0. The average molecular weight is 298 g/mol. The Bertz CT molecular complexity index is 428. The molecule has 1 N–H and O–H groups in total. The Morgan fingerprint density at radius 2 is 1.76 bits per heavy atom. The highest BCUT2D eigenvalue weighted by Crippen LogP contribution is 2.40. The number of ether oxygens (including phenoxy) is 5. The highest BCUT2D eigenvalue weighted by molar-refractivity contribution is 5.51. The smallest absolute Gasteiger partial charge is 0.203 e. The predicted octanol–water partition coefficient (Wildman–Crippen LogP) is 1.25. The summed E-state index contributed by atoms with van der Waals surface area (Å²) in [6.07, 6.45) is -0.608. The summed E-state index contributed by atoms with van der Waals surface area (Å²) < 4.78 is 27.0. The lowest BCUT2D eigenvalue weighted by atomic mass is 9.88. The molecule has 6 heteroatoms. The molecule has 1 aromatic carbocycles. The third-order valence-corrected chi connectivity index (χ3v) is 3.47. The standard InChI is InChI=1S/C15H22O6/c1-17-7-8-20-14-10(16)9-13(14)21-15-11(18-2)5-4-6-12(15)19-3/h4-6,10,13-14,16H,7-9H2,1-3H3. The van der Waals surface area contributed by atoms with Gasteiger partial charge in [-0.25, -0.2) is 0 Å². The van der Waals surface area contributed by atoms with E-state index in [1.165, 1.54) is 0 Å². The van der Waals surface area contributed by atoms with E-state index in [0.29, 0.717) is 36.9 Å². The van der Waals surface area contributed by atoms with E-state index in [1.54, 1.807) is 33.5 Å². The number of aliphatic hydroxyl groups excluding tert-OH is 1. The molecule has 0 radical (unpaired) electrons. The lowest BCUT2D eigenvalue weighted by molar-refractivity contribution is -0.167. The Hall–Kier alpha value is -1.50. The van der Waals surface area contributed by atoms with E-state index in [4.69, 9.17) is 23.7 Å². The normalized spacial score (nSPS) is 24.3. The molecule has 3 atom stereocenters. The first-order chi connectivity index (χ1) is 10.2. The largest absolute Gasteiger partial charge is 0.493 e. The quantitative estimate of drug-likeness (QED) is 0.729. The van der Waals surface area contributed by atoms with E-state index in [0.717, 1.165) is 0 Å². The van der Waals surface area contributed by atoms with Gasteiger partial charge in [-0.05, 0) is 12.1 Å². The van der Waals surface area contributed by atoms with Crippen molar-refractivity contribution in [3.8, 4) is 17.2 Å². The van der Waals surface area contributed by atoms with Gasteiger partial charge in [-0.1, -0.05) is 6.07 Å². The molecule has 0 amide bonds. The Morgan fingerprint density at radius 3 is 2.29 bits per heavy atom. The lowest BCUT2D eigenvalue weighted by Gasteiger charge is -2.41. The summed E-state index contributed by atoms with van der Waals surface area (Å²) in [5.74, 6) is 1.71. The van der Waals surface area contributed by atoms with Crippen molar-refractivity contribution in [3.05, 3.63) is 18.2 Å². The molecule has 1 aliphatic carbocycles. The number of hydrogen-bond acceptors (Lipinski definition) is 6. The maximum atomic E-state index is 9.80. The van der Waals surface area contributed by atoms with Crippen molar-refractivity contribution in [3.63, 3.8) is 0 Å². The van der Waals surface area contributed by atoms with Crippen molar-refractivity contribution in [2.45, 2.75) is 24.7 Å². The molecule has 0 aliphatic heterocycles. The number of hydrogen-bond donors (Lipinski definition) is 1. The van der Waals surface area contributed by atoms with Crippen LogP contribution in [0.4, 0.5) is 0 Å². The second-order valence-corrected chi connectivity index (χ2v) is 4.78. The average Bonchev–Trinajstić information content (AvgIpc) is 2.51. The third kappa shape index (κ3) is 3.58. The molecule has 0 heterocycles. The van der Waals surface area contributed by atoms with Crippen LogP contribution in [0.5, 0.6) is 17.2 Å². The van der Waals surface area contributed by atoms with Crippen LogP contribution in [-0.4, -0.2) is 58.0 Å². The predicted molar refractivity (Wildman–Crippen MR) is 76.2 cm³/mol. The zero-order valence-electron chi connectivity index (χ0n) is 12.6. The zero-order valence-corrected chi connectivity index (χ0v) is 12.6. The first-order valence-electron chi connectivity index (χ1n) is 6.87. The number of aliphatic hydroxyl groups is 1. The van der Waals surface area contributed by atoms with E-state index in [9.17, 15) is 5.11 Å². The van der Waals surface area contributed by atoms with Crippen LogP contribution in [0.2, 0.25) is 0 Å². The van der Waals surface area contributed by atoms with Gasteiger partial charge in [-0.3, -0.25) is 0 Å². The van der Waals surface area contributed by atoms with Crippen molar-refractivity contribution < 1.29 is 28.8 Å². The molecule has 6 nitrogen and oxygen atoms in total. The van der Waals surface area contributed by atoms with Crippen LogP contribution < -0.4 is 14.2 Å². The van der Waals surface area contributed by atoms with Crippen LogP contribution >= 0.6 is 0 Å². The number of para-hydroxylation sites is 1. The number of rotatable bonds is 8. The summed E-state index contributed by atoms with van der Waals surface area (Å²) in [6.45, 7) is 0.898. The Morgan fingerprint density at radius 1 is 1.10 bits per heavy atom. The number of methoxy groups -OCH3 is 3. The molecule has 2 rings (SSSR count). The van der Waals surface area contributed by atoms with E-state index in [1.807, 2.05) is 6.07 Å². The van der Waals surface area contributed by atoms with Crippen molar-refractivity contribution in [2.24, 2.45) is 0 Å². The van der Waals surface area contributed by atoms with Crippen LogP contribution in [0.15, 0.2) is 18.2 Å². The van der Waals surface area contributed by atoms with Gasteiger partial charge in [0.05, 0.1) is 33.5 Å². The highest BCUT2D eigenvalue weighted by atomic mass is 16.6. The molecule has 1 saturated carbocycles. The Labute approximate surface area is 124 Å². The van der Waals surface area contributed by atoms with Crippen molar-refractivity contribution >= 4 is 0 Å². The van der Waals surface area contributed by atoms with Crippen molar-refractivity contribution in [1.82, 2.24) is 0 Å². The van der Waals surface area contributed by atoms with E-state index in [-0.39, 0.29) is 12.2 Å². The summed E-state index contributed by atoms with van der Waals surface area (Å²) in [5, 5.41) is 9.80. The first kappa shape index (κ1) is 15.9. The van der Waals surface area contributed by atoms with Gasteiger partial charge in [0.1, 0.15) is 12.2 Å². The Balaban J connectivity index is 2.04. The van der Waals surface area contributed by atoms with Gasteiger partial charge < -0.3 is 28.8 Å². The van der Waals surface area contributed by atoms with Crippen molar-refractivity contribution in [1.29, 1.82) is 0 Å². The van der Waals surface area contributed by atoms with Crippen molar-refractivity contribution in [2.75, 3.05) is 34.5 Å². The molecular formula is C15H22O6. The molecule has 3 unspecified atom stereocenters. The zero-order chi connectivity index (χ0) is 15.2. The molecular weight excluding hydrogens is 276 g/mol. The molecule has 0 spiro atoms. The van der Waals surface area contributed by atoms with Gasteiger partial charge in [-0.15, -0.1) is 0 Å². The molecule has 1 aliphatic rings. The summed E-state index contributed by atoms with van der Waals surface area (Å²) in [5.41, 5.74) is 0. The van der Waals surface area contributed by atoms with Gasteiger partial charge in [0.2, 0.25) is 5.75 Å². The Kier molecular flexibility index (Phi) is 5.67. The topological polar surface area (TPSA) is 66.4 Å². The van der Waals surface area contributed by atoms with Gasteiger partial charge in [0, 0.05) is 13.5 Å². The first-order valence-corrected chi connectivity index (χ1v) is 6.87. The van der Waals surface area contributed by atoms with Gasteiger partial charge >= 0.3 is 0 Å². The van der Waals surface area contributed by atoms with Crippen LogP contribution in [-0.2, 0) is 9.47 Å². The monoisotopic (exact) mass is 298 g/mol. The minimum absolute atomic E-state index is 0.234. The summed E-state index contributed by atoms with van der Waals surface area (Å²) in [6, 6.07) is 5.42. The van der Waals surface area contributed by atoms with E-state index in [2.05, 4.69) is 0 Å². The van der Waals surface area contributed by atoms with Crippen LogP contribution in [0.3, 0.4) is 0 Å². The maximum absolute atomic E-state index is 9.80. The molecule has 1 aromatic rings. The third-order valence-electron chi connectivity index (χ3n) is 3.47. The molecule has 0 aromatic heterocycles. The van der Waals surface area contributed by atoms with Gasteiger partial charge in [0.25, 0.3) is 0 Å². The lowest BCUT2D eigenvalue weighted by Crippen LogP contribution is -2.55. The summed E-state index contributed by atoms with van der Waals surface area (Å²) in [7, 11) is 4.75. The fourth-order valence-corrected chi connectivity index (χ4v) is 2.24. The molecule has 118 valence electrons. The maximum Gasteiger partial charge on any atom is 0.203 e. The molecule has 0 saturated heterocycles. The van der Waals surface area contributed by atoms with Crippen LogP contribution in [0, 0.1) is 0 Å². The van der Waals surface area contributed by atoms with E-state index < -0.39 is 6.10 Å². The fraction of sp³-hybridized carbons (Fsp3) is 0.600. The minimum Gasteiger partial charge on any atom is -0.493 e. The molecule has 1 fully saturated rings.